The fourth-order valence-corrected chi connectivity index (χ4v) is 4.68. The third-order valence-electron chi connectivity index (χ3n) is 7.12. The van der Waals surface area contributed by atoms with E-state index < -0.39 is 59.7 Å². The molecule has 0 aliphatic carbocycles. The second kappa shape index (κ2) is 12.3. The van der Waals surface area contributed by atoms with Crippen LogP contribution in [0, 0.1) is 17.8 Å². The smallest absolute Gasteiger partial charge is 0.312 e. The Kier molecular flexibility index (Phi) is 8.87. The molecule has 39 heavy (non-hydrogen) atoms. The van der Waals surface area contributed by atoms with E-state index in [0.717, 1.165) is 0 Å². The van der Waals surface area contributed by atoms with Gasteiger partial charge < -0.3 is 30.3 Å². The molecule has 1 unspecified atom stereocenters. The van der Waals surface area contributed by atoms with Crippen molar-refractivity contribution < 1.29 is 38.9 Å². The topological polar surface area (TPSA) is 177 Å². The Hall–Kier alpha value is -3.90. The van der Waals surface area contributed by atoms with E-state index in [1.807, 2.05) is 0 Å². The van der Waals surface area contributed by atoms with Crippen LogP contribution in [0.15, 0.2) is 42.9 Å². The normalized spacial score (nSPS) is 28.7. The van der Waals surface area contributed by atoms with Crippen molar-refractivity contribution in [3.63, 3.8) is 0 Å². The molecule has 4 rings (SSSR count). The van der Waals surface area contributed by atoms with Gasteiger partial charge in [0.15, 0.2) is 17.6 Å². The average Bonchev–Trinajstić information content (AvgIpc) is 2.89. The first-order valence-corrected chi connectivity index (χ1v) is 12.8. The highest BCUT2D eigenvalue weighted by molar-refractivity contribution is 5.98. The number of esters is 1. The number of Topliss-reactive ketones (excluding diaryl/α,β-unsaturated/α-hetero) is 1. The zero-order chi connectivity index (χ0) is 28.1. The fraction of sp³-hybridized carbons (Fsp3) is 0.481. The number of nitrogens with zero attached hydrogens (tertiary/aromatic N) is 2. The van der Waals surface area contributed by atoms with Crippen molar-refractivity contribution in [2.75, 3.05) is 13.2 Å². The van der Waals surface area contributed by atoms with Crippen LogP contribution >= 0.6 is 0 Å². The summed E-state index contributed by atoms with van der Waals surface area (Å²) in [6.07, 6.45) is 1.93. The van der Waals surface area contributed by atoms with Crippen molar-refractivity contribution in [3.8, 4) is 5.75 Å². The van der Waals surface area contributed by atoms with Crippen LogP contribution in [0.1, 0.15) is 36.3 Å². The van der Waals surface area contributed by atoms with Crippen LogP contribution in [-0.4, -0.2) is 81.3 Å². The van der Waals surface area contributed by atoms with E-state index in [9.17, 15) is 29.4 Å². The molecule has 0 spiro atoms. The van der Waals surface area contributed by atoms with E-state index in [-0.39, 0.29) is 43.4 Å². The third kappa shape index (κ3) is 6.58. The number of hydrogen-bond donors (Lipinski definition) is 4. The highest BCUT2D eigenvalue weighted by Gasteiger charge is 2.42. The highest BCUT2D eigenvalue weighted by Crippen LogP contribution is 2.26. The second-order valence-corrected chi connectivity index (χ2v) is 10.1. The Bertz CT molecular complexity index is 1210. The molecule has 0 radical (unpaired) electrons. The molecule has 4 N–H and O–H groups in total. The first-order chi connectivity index (χ1) is 18.7. The Balaban J connectivity index is 1.67. The van der Waals surface area contributed by atoms with Crippen LogP contribution in [0.5, 0.6) is 5.75 Å². The number of hydrogen-bond acceptors (Lipinski definition) is 10. The quantitative estimate of drug-likeness (QED) is 0.382. The number of pyridine rings is 2. The number of nitrogens with one attached hydrogen (secondary N) is 2. The average molecular weight is 541 g/mol. The first kappa shape index (κ1) is 28.1. The van der Waals surface area contributed by atoms with Gasteiger partial charge in [-0.2, -0.15) is 0 Å². The number of rotatable bonds is 5. The third-order valence-corrected chi connectivity index (χ3v) is 7.12. The summed E-state index contributed by atoms with van der Waals surface area (Å²) in [5.41, 5.74) is 0.412. The zero-order valence-corrected chi connectivity index (χ0v) is 21.6. The van der Waals surface area contributed by atoms with Crippen molar-refractivity contribution in [1.82, 2.24) is 20.6 Å². The van der Waals surface area contributed by atoms with E-state index in [4.69, 9.17) is 9.47 Å². The minimum atomic E-state index is -1.39. The molecule has 2 aromatic heterocycles. The standard InChI is InChI=1S/C27H32N4O8/c1-14-9-20(33)24(17-12-38-13-17)39-27(37)15(2)23(34)18(10-16-5-3-7-28-11-16)30-25(35)21(14)31-26(36)22-19(32)6-4-8-29-22/h3-8,11,14-15,17-18,21,23-24,32,34H,9-10,12-13H2,1-2H3,(H,30,35)(H,31,36)/t14-,15+,18-,21-,23-,24?/m0/s1. The number of cyclic esters (lactones) is 1. The summed E-state index contributed by atoms with van der Waals surface area (Å²) < 4.78 is 10.8. The molecule has 2 amide bonds. The van der Waals surface area contributed by atoms with Crippen molar-refractivity contribution in [2.45, 2.75) is 51.0 Å². The molecule has 12 heteroatoms. The van der Waals surface area contributed by atoms with Gasteiger partial charge in [0.1, 0.15) is 11.8 Å². The van der Waals surface area contributed by atoms with E-state index in [1.165, 1.54) is 25.3 Å². The van der Waals surface area contributed by atoms with Crippen molar-refractivity contribution in [3.05, 3.63) is 54.1 Å². The lowest BCUT2D eigenvalue weighted by atomic mass is 9.87. The van der Waals surface area contributed by atoms with Crippen LogP contribution in [0.25, 0.3) is 0 Å². The number of aliphatic hydroxyl groups is 1. The SMILES string of the molecule is C[C@H]1CC(=O)C(C2COC2)OC(=O)[C@H](C)[C@H](O)[C@H](Cc2cccnc2)NC(=O)[C@H]1NC(=O)c1ncccc1O. The molecular weight excluding hydrogens is 508 g/mol. The van der Waals surface area contributed by atoms with Gasteiger partial charge in [-0.05, 0) is 43.0 Å². The van der Waals surface area contributed by atoms with E-state index in [0.29, 0.717) is 5.56 Å². The largest absolute Gasteiger partial charge is 0.505 e. The van der Waals surface area contributed by atoms with Crippen molar-refractivity contribution in [1.29, 1.82) is 0 Å². The Morgan fingerprint density at radius 1 is 1.15 bits per heavy atom. The minimum Gasteiger partial charge on any atom is -0.505 e. The summed E-state index contributed by atoms with van der Waals surface area (Å²) in [7, 11) is 0. The van der Waals surface area contributed by atoms with Gasteiger partial charge in [0.05, 0.1) is 37.2 Å². The molecule has 12 nitrogen and oxygen atoms in total. The molecule has 0 saturated carbocycles. The lowest BCUT2D eigenvalue weighted by molar-refractivity contribution is -0.177. The van der Waals surface area contributed by atoms with Crippen molar-refractivity contribution >= 4 is 23.6 Å². The highest BCUT2D eigenvalue weighted by atomic mass is 16.6. The van der Waals surface area contributed by atoms with Gasteiger partial charge in [0.2, 0.25) is 5.91 Å². The monoisotopic (exact) mass is 540 g/mol. The number of aromatic hydroxyl groups is 1. The van der Waals surface area contributed by atoms with Crippen LogP contribution in [0.2, 0.25) is 0 Å². The van der Waals surface area contributed by atoms with Crippen LogP contribution < -0.4 is 10.6 Å². The number of amides is 2. The molecule has 6 atom stereocenters. The molecule has 208 valence electrons. The number of aromatic nitrogens is 2. The maximum absolute atomic E-state index is 13.6. The van der Waals surface area contributed by atoms with E-state index in [2.05, 4.69) is 20.6 Å². The van der Waals surface area contributed by atoms with Gasteiger partial charge in [0.25, 0.3) is 5.91 Å². The molecule has 2 saturated heterocycles. The lowest BCUT2D eigenvalue weighted by Crippen LogP contribution is -2.58. The molecule has 4 heterocycles. The molecule has 2 aromatic rings. The van der Waals surface area contributed by atoms with Crippen LogP contribution in [0.3, 0.4) is 0 Å². The second-order valence-electron chi connectivity index (χ2n) is 10.1. The molecule has 2 aliphatic rings. The van der Waals surface area contributed by atoms with Crippen LogP contribution in [-0.2, 0) is 30.3 Å². The summed E-state index contributed by atoms with van der Waals surface area (Å²) in [4.78, 5) is 60.9. The Morgan fingerprint density at radius 2 is 1.90 bits per heavy atom. The summed E-state index contributed by atoms with van der Waals surface area (Å²) >= 11 is 0. The van der Waals surface area contributed by atoms with Crippen LogP contribution in [0.4, 0.5) is 0 Å². The number of carbonyl (C=O) groups is 4. The van der Waals surface area contributed by atoms with Gasteiger partial charge in [-0.3, -0.25) is 24.2 Å². The number of ketones is 1. The van der Waals surface area contributed by atoms with Gasteiger partial charge in [-0.15, -0.1) is 0 Å². The van der Waals surface area contributed by atoms with Crippen molar-refractivity contribution in [2.24, 2.45) is 17.8 Å². The lowest BCUT2D eigenvalue weighted by Gasteiger charge is -2.36. The molecule has 0 aromatic carbocycles. The maximum atomic E-state index is 13.6. The van der Waals surface area contributed by atoms with Gasteiger partial charge in [0, 0.05) is 25.0 Å². The summed E-state index contributed by atoms with van der Waals surface area (Å²) in [6, 6.07) is 4.01. The van der Waals surface area contributed by atoms with Gasteiger partial charge in [-0.25, -0.2) is 4.98 Å². The molecule has 2 fully saturated rings. The Labute approximate surface area is 225 Å². The van der Waals surface area contributed by atoms with Gasteiger partial charge >= 0.3 is 5.97 Å². The molecular formula is C27H32N4O8. The number of carbonyl (C=O) groups excluding carboxylic acids is 4. The summed E-state index contributed by atoms with van der Waals surface area (Å²) in [5.74, 6) is -5.22. The number of aliphatic hydroxyl groups excluding tert-OH is 1. The van der Waals surface area contributed by atoms with E-state index >= 15 is 0 Å². The summed E-state index contributed by atoms with van der Waals surface area (Å²) in [5, 5.41) is 26.6. The fourth-order valence-electron chi connectivity index (χ4n) is 4.68. The molecule has 2 aliphatic heterocycles. The zero-order valence-electron chi connectivity index (χ0n) is 21.6. The first-order valence-electron chi connectivity index (χ1n) is 12.8. The van der Waals surface area contributed by atoms with E-state index in [1.54, 1.807) is 31.5 Å². The number of ether oxygens (including phenoxy) is 2. The summed E-state index contributed by atoms with van der Waals surface area (Å²) in [6.45, 7) is 3.54. The maximum Gasteiger partial charge on any atom is 0.312 e. The predicted molar refractivity (Wildman–Crippen MR) is 135 cm³/mol. The molecule has 0 bridgehead atoms. The minimum absolute atomic E-state index is 0.132. The Morgan fingerprint density at radius 3 is 2.54 bits per heavy atom. The predicted octanol–water partition coefficient (Wildman–Crippen LogP) is 0.172. The van der Waals surface area contributed by atoms with Gasteiger partial charge in [-0.1, -0.05) is 13.0 Å².